The summed E-state index contributed by atoms with van der Waals surface area (Å²) in [5.74, 6) is 0.332. The summed E-state index contributed by atoms with van der Waals surface area (Å²) in [6.45, 7) is 0. The maximum atomic E-state index is 12.7. The predicted molar refractivity (Wildman–Crippen MR) is 99.6 cm³/mol. The van der Waals surface area contributed by atoms with Gasteiger partial charge in [0.05, 0.1) is 16.2 Å². The van der Waals surface area contributed by atoms with Crippen molar-refractivity contribution in [2.45, 2.75) is 29.8 Å². The number of alkyl halides is 3. The monoisotopic (exact) mass is 425 g/mol. The highest BCUT2D eigenvalue weighted by molar-refractivity contribution is 7.93. The van der Waals surface area contributed by atoms with Crippen molar-refractivity contribution < 1.29 is 21.6 Å². The van der Waals surface area contributed by atoms with Crippen LogP contribution in [0.3, 0.4) is 0 Å². The SMILES string of the molecule is O=S(=O)(Nc1nc(-c2ccccn2)c(C2CC2)s1)c1ccc(C(F)(F)F)cc1. The van der Waals surface area contributed by atoms with Gasteiger partial charge in [-0.3, -0.25) is 9.71 Å². The Morgan fingerprint density at radius 3 is 2.36 bits per heavy atom. The van der Waals surface area contributed by atoms with E-state index in [2.05, 4.69) is 14.7 Å². The lowest BCUT2D eigenvalue weighted by Crippen LogP contribution is -2.13. The van der Waals surface area contributed by atoms with Gasteiger partial charge in [0.25, 0.3) is 10.0 Å². The maximum absolute atomic E-state index is 12.7. The Hall–Kier alpha value is -2.46. The van der Waals surface area contributed by atoms with Crippen LogP contribution in [0.15, 0.2) is 53.6 Å². The molecule has 0 atom stereocenters. The quantitative estimate of drug-likeness (QED) is 0.631. The zero-order valence-electron chi connectivity index (χ0n) is 14.3. The molecule has 28 heavy (non-hydrogen) atoms. The highest BCUT2D eigenvalue weighted by Crippen LogP contribution is 2.48. The lowest BCUT2D eigenvalue weighted by atomic mass is 10.2. The first kappa shape index (κ1) is 18.9. The van der Waals surface area contributed by atoms with Crippen molar-refractivity contribution in [1.82, 2.24) is 9.97 Å². The Kier molecular flexibility index (Phi) is 4.62. The van der Waals surface area contributed by atoms with Crippen molar-refractivity contribution in [2.75, 3.05) is 4.72 Å². The molecule has 0 aliphatic heterocycles. The molecule has 1 fully saturated rings. The van der Waals surface area contributed by atoms with Gasteiger partial charge in [0.1, 0.15) is 5.69 Å². The number of aromatic nitrogens is 2. The number of halogens is 3. The Labute approximate surface area is 163 Å². The smallest absolute Gasteiger partial charge is 0.255 e. The number of rotatable bonds is 5. The lowest BCUT2D eigenvalue weighted by Gasteiger charge is -2.08. The predicted octanol–water partition coefficient (Wildman–Crippen LogP) is 4.90. The summed E-state index contributed by atoms with van der Waals surface area (Å²) >= 11 is 1.23. The van der Waals surface area contributed by atoms with Gasteiger partial charge in [-0.15, -0.1) is 11.3 Å². The van der Waals surface area contributed by atoms with E-state index in [0.717, 1.165) is 42.0 Å². The Morgan fingerprint density at radius 2 is 1.79 bits per heavy atom. The van der Waals surface area contributed by atoms with Gasteiger partial charge in [-0.2, -0.15) is 13.2 Å². The van der Waals surface area contributed by atoms with Gasteiger partial charge < -0.3 is 0 Å². The van der Waals surface area contributed by atoms with E-state index in [4.69, 9.17) is 0 Å². The van der Waals surface area contributed by atoms with Crippen LogP contribution in [0.25, 0.3) is 11.4 Å². The fourth-order valence-electron chi connectivity index (χ4n) is 2.68. The molecular formula is C18H14F3N3O2S2. The molecule has 2 aromatic heterocycles. The van der Waals surface area contributed by atoms with E-state index in [0.29, 0.717) is 17.3 Å². The van der Waals surface area contributed by atoms with E-state index in [1.807, 2.05) is 6.07 Å². The largest absolute Gasteiger partial charge is 0.416 e. The molecule has 1 saturated carbocycles. The first-order valence-electron chi connectivity index (χ1n) is 8.36. The van der Waals surface area contributed by atoms with Crippen LogP contribution < -0.4 is 4.72 Å². The summed E-state index contributed by atoms with van der Waals surface area (Å²) in [4.78, 5) is 9.38. The Balaban J connectivity index is 1.63. The van der Waals surface area contributed by atoms with Crippen LogP contribution >= 0.6 is 11.3 Å². The van der Waals surface area contributed by atoms with E-state index in [-0.39, 0.29) is 10.0 Å². The number of pyridine rings is 1. The van der Waals surface area contributed by atoms with E-state index in [9.17, 15) is 21.6 Å². The fraction of sp³-hybridized carbons (Fsp3) is 0.222. The molecule has 0 unspecified atom stereocenters. The molecule has 0 radical (unpaired) electrons. The van der Waals surface area contributed by atoms with Crippen molar-refractivity contribution in [3.8, 4) is 11.4 Å². The number of thiazole rings is 1. The molecule has 146 valence electrons. The molecule has 3 aromatic rings. The number of nitrogens with one attached hydrogen (secondary N) is 1. The summed E-state index contributed by atoms with van der Waals surface area (Å²) < 4.78 is 65.5. The van der Waals surface area contributed by atoms with Gasteiger partial charge in [-0.25, -0.2) is 13.4 Å². The molecule has 1 aromatic carbocycles. The summed E-state index contributed by atoms with van der Waals surface area (Å²) in [5.41, 5.74) is 0.382. The standard InChI is InChI=1S/C18H14F3N3O2S2/c19-18(20,21)12-6-8-13(9-7-12)28(25,26)24-17-23-15(14-3-1-2-10-22-14)16(27-17)11-4-5-11/h1-3,6-11H,4-5H2,(H,23,24). The molecule has 0 amide bonds. The number of nitrogens with zero attached hydrogens (tertiary/aromatic N) is 2. The van der Waals surface area contributed by atoms with Crippen molar-refractivity contribution in [3.05, 3.63) is 59.1 Å². The zero-order chi connectivity index (χ0) is 19.9. The van der Waals surface area contributed by atoms with Crippen molar-refractivity contribution >= 4 is 26.5 Å². The third-order valence-corrected chi connectivity index (χ3v) is 6.84. The van der Waals surface area contributed by atoms with Crippen molar-refractivity contribution in [3.63, 3.8) is 0 Å². The number of hydrogen-bond donors (Lipinski definition) is 1. The summed E-state index contributed by atoms with van der Waals surface area (Å²) in [6, 6.07) is 8.75. The Morgan fingerprint density at radius 1 is 1.07 bits per heavy atom. The van der Waals surface area contributed by atoms with Crippen LogP contribution in [0.1, 0.15) is 29.2 Å². The summed E-state index contributed by atoms with van der Waals surface area (Å²) in [5, 5.41) is 0.169. The highest BCUT2D eigenvalue weighted by atomic mass is 32.2. The first-order valence-corrected chi connectivity index (χ1v) is 10.7. The molecule has 4 rings (SSSR count). The number of hydrogen-bond acceptors (Lipinski definition) is 5. The third-order valence-electron chi connectivity index (χ3n) is 4.22. The molecule has 10 heteroatoms. The van der Waals surface area contributed by atoms with Crippen LogP contribution in [0, 0.1) is 0 Å². The van der Waals surface area contributed by atoms with Crippen LogP contribution in [0.2, 0.25) is 0 Å². The average Bonchev–Trinajstić information content (AvgIpc) is 3.42. The van der Waals surface area contributed by atoms with Gasteiger partial charge in [-0.05, 0) is 55.2 Å². The highest BCUT2D eigenvalue weighted by Gasteiger charge is 2.32. The Bertz CT molecular complexity index is 1090. The number of anilines is 1. The third kappa shape index (κ3) is 3.88. The summed E-state index contributed by atoms with van der Waals surface area (Å²) in [6.07, 6.45) is -0.876. The second kappa shape index (κ2) is 6.85. The van der Waals surface area contributed by atoms with E-state index >= 15 is 0 Å². The first-order chi connectivity index (χ1) is 13.2. The minimum absolute atomic E-state index is 0.169. The van der Waals surface area contributed by atoms with E-state index in [1.165, 1.54) is 11.3 Å². The van der Waals surface area contributed by atoms with Crippen LogP contribution in [0.4, 0.5) is 18.3 Å². The molecule has 1 aliphatic rings. The van der Waals surface area contributed by atoms with Crippen LogP contribution in [0.5, 0.6) is 0 Å². The minimum atomic E-state index is -4.53. The lowest BCUT2D eigenvalue weighted by molar-refractivity contribution is -0.137. The molecule has 1 aliphatic carbocycles. The van der Waals surface area contributed by atoms with E-state index < -0.39 is 21.8 Å². The minimum Gasteiger partial charge on any atom is -0.255 e. The van der Waals surface area contributed by atoms with Crippen LogP contribution in [-0.4, -0.2) is 18.4 Å². The molecular weight excluding hydrogens is 411 g/mol. The molecule has 0 bridgehead atoms. The normalized spacial score (nSPS) is 14.8. The fourth-order valence-corrected chi connectivity index (χ4v) is 5.06. The molecule has 1 N–H and O–H groups in total. The second-order valence-corrected chi connectivity index (χ2v) is 9.06. The molecule has 0 saturated heterocycles. The second-order valence-electron chi connectivity index (χ2n) is 6.35. The molecule has 5 nitrogen and oxygen atoms in total. The number of sulfonamides is 1. The topological polar surface area (TPSA) is 72.0 Å². The van der Waals surface area contributed by atoms with Crippen molar-refractivity contribution in [2.24, 2.45) is 0 Å². The summed E-state index contributed by atoms with van der Waals surface area (Å²) in [7, 11) is -4.06. The van der Waals surface area contributed by atoms with E-state index in [1.54, 1.807) is 18.3 Å². The molecule has 0 spiro atoms. The van der Waals surface area contributed by atoms with Crippen LogP contribution in [-0.2, 0) is 16.2 Å². The number of benzene rings is 1. The molecule has 2 heterocycles. The maximum Gasteiger partial charge on any atom is 0.416 e. The van der Waals surface area contributed by atoms with Gasteiger partial charge >= 0.3 is 6.18 Å². The average molecular weight is 425 g/mol. The zero-order valence-corrected chi connectivity index (χ0v) is 15.9. The van der Waals surface area contributed by atoms with Gasteiger partial charge in [-0.1, -0.05) is 6.07 Å². The van der Waals surface area contributed by atoms with Crippen molar-refractivity contribution in [1.29, 1.82) is 0 Å². The van der Waals surface area contributed by atoms with Gasteiger partial charge in [0, 0.05) is 11.1 Å². The van der Waals surface area contributed by atoms with Gasteiger partial charge in [0.2, 0.25) is 0 Å². The van der Waals surface area contributed by atoms with Gasteiger partial charge in [0.15, 0.2) is 5.13 Å².